The van der Waals surface area contributed by atoms with Crippen LogP contribution in [0.25, 0.3) is 11.1 Å². The van der Waals surface area contributed by atoms with Gasteiger partial charge in [0.15, 0.2) is 39.9 Å². The fourth-order valence-electron chi connectivity index (χ4n) is 10.6. The lowest BCUT2D eigenvalue weighted by Crippen LogP contribution is -2.66. The third kappa shape index (κ3) is 3.86. The van der Waals surface area contributed by atoms with E-state index in [1.165, 1.54) is 45.9 Å². The summed E-state index contributed by atoms with van der Waals surface area (Å²) in [5, 5.41) is 58.0. The van der Waals surface area contributed by atoms with Crippen molar-refractivity contribution in [2.24, 2.45) is 11.8 Å². The molecule has 284 valence electrons. The quantitative estimate of drug-likeness (QED) is 0.162. The highest BCUT2D eigenvalue weighted by atomic mass is 16.7. The number of aromatic hydroxyl groups is 2. The van der Waals surface area contributed by atoms with E-state index in [1.54, 1.807) is 0 Å². The minimum Gasteiger partial charge on any atom is -0.507 e. The summed E-state index contributed by atoms with van der Waals surface area (Å²) in [5.74, 6) is -10.5. The molecule has 2 aliphatic heterocycles. The summed E-state index contributed by atoms with van der Waals surface area (Å²) in [6.45, 7) is 7.60. The zero-order valence-electron chi connectivity index (χ0n) is 29.8. The molecule has 0 radical (unpaired) electrons. The first-order valence-electron chi connectivity index (χ1n) is 17.3. The molecule has 6 aliphatic rings. The molecule has 0 spiro atoms. The zero-order valence-corrected chi connectivity index (χ0v) is 29.8. The van der Waals surface area contributed by atoms with Gasteiger partial charge in [0.2, 0.25) is 11.4 Å². The van der Waals surface area contributed by atoms with Crippen LogP contribution in [-0.2, 0) is 38.1 Å². The Hall–Kier alpha value is -4.87. The molecule has 0 bridgehead atoms. The predicted molar refractivity (Wildman–Crippen MR) is 176 cm³/mol. The van der Waals surface area contributed by atoms with Crippen molar-refractivity contribution in [2.45, 2.75) is 106 Å². The molecule has 2 heterocycles. The van der Waals surface area contributed by atoms with E-state index in [-0.39, 0.29) is 22.3 Å². The van der Waals surface area contributed by atoms with Crippen LogP contribution in [0.3, 0.4) is 0 Å². The number of rotatable bonds is 5. The van der Waals surface area contributed by atoms with Gasteiger partial charge >= 0.3 is 11.9 Å². The summed E-state index contributed by atoms with van der Waals surface area (Å²) in [5.41, 5.74) is -15.3. The van der Waals surface area contributed by atoms with Crippen LogP contribution in [0.15, 0.2) is 24.3 Å². The summed E-state index contributed by atoms with van der Waals surface area (Å²) >= 11 is 0. The molecule has 2 saturated carbocycles. The van der Waals surface area contributed by atoms with Crippen LogP contribution in [0.4, 0.5) is 0 Å². The van der Waals surface area contributed by atoms with Crippen molar-refractivity contribution in [3.05, 3.63) is 46.5 Å². The Morgan fingerprint density at radius 3 is 1.70 bits per heavy atom. The van der Waals surface area contributed by atoms with Gasteiger partial charge in [-0.1, -0.05) is 6.07 Å². The normalized spacial score (nSPS) is 39.5. The van der Waals surface area contributed by atoms with Crippen LogP contribution in [0.2, 0.25) is 0 Å². The second-order valence-electron chi connectivity index (χ2n) is 15.8. The van der Waals surface area contributed by atoms with Crippen molar-refractivity contribution < 1.29 is 78.0 Å². The molecule has 16 nitrogen and oxygen atoms in total. The number of aliphatic hydroxyl groups is 3. The molecule has 8 rings (SSSR count). The van der Waals surface area contributed by atoms with Crippen LogP contribution >= 0.6 is 0 Å². The van der Waals surface area contributed by atoms with Gasteiger partial charge in [-0.2, -0.15) is 0 Å². The lowest BCUT2D eigenvalue weighted by atomic mass is 9.55. The Morgan fingerprint density at radius 2 is 1.15 bits per heavy atom. The lowest BCUT2D eigenvalue weighted by molar-refractivity contribution is -0.163. The molecule has 0 amide bonds. The highest BCUT2D eigenvalue weighted by molar-refractivity contribution is 6.36. The van der Waals surface area contributed by atoms with Crippen LogP contribution in [0.5, 0.6) is 11.5 Å². The average Bonchev–Trinajstić information content (AvgIpc) is 3.94. The Kier molecular flexibility index (Phi) is 6.99. The molecule has 4 aliphatic carbocycles. The number of fused-ring (bicyclic) bond motifs is 2. The van der Waals surface area contributed by atoms with Gasteiger partial charge in [-0.15, -0.1) is 0 Å². The van der Waals surface area contributed by atoms with Gasteiger partial charge in [0.1, 0.15) is 29.8 Å². The average molecular weight is 749 g/mol. The Bertz CT molecular complexity index is 2220. The van der Waals surface area contributed by atoms with E-state index >= 15 is 0 Å². The highest BCUT2D eigenvalue weighted by Crippen LogP contribution is 2.71. The van der Waals surface area contributed by atoms with Crippen molar-refractivity contribution in [3.8, 4) is 22.6 Å². The Labute approximate surface area is 305 Å². The van der Waals surface area contributed by atoms with Gasteiger partial charge < -0.3 is 44.5 Å². The zero-order chi connectivity index (χ0) is 39.6. The Balaban J connectivity index is 1.24. The fourth-order valence-corrected chi connectivity index (χ4v) is 10.6. The van der Waals surface area contributed by atoms with Gasteiger partial charge in [0.25, 0.3) is 0 Å². The number of epoxide rings is 2. The first-order valence-corrected chi connectivity index (χ1v) is 17.3. The van der Waals surface area contributed by atoms with Crippen molar-refractivity contribution in [2.75, 3.05) is 0 Å². The number of carbonyl (C=O) groups excluding carboxylic acids is 7. The van der Waals surface area contributed by atoms with E-state index in [1.807, 2.05) is 0 Å². The molecule has 0 aromatic heterocycles. The number of esters is 2. The second kappa shape index (κ2) is 10.5. The molecule has 2 saturated heterocycles. The van der Waals surface area contributed by atoms with Crippen molar-refractivity contribution in [3.63, 3.8) is 0 Å². The van der Waals surface area contributed by atoms with Crippen LogP contribution in [-0.4, -0.2) is 112 Å². The number of phenols is 2. The van der Waals surface area contributed by atoms with Crippen LogP contribution < -0.4 is 0 Å². The van der Waals surface area contributed by atoms with Crippen LogP contribution in [0, 0.1) is 11.8 Å². The molecule has 54 heavy (non-hydrogen) atoms. The molecule has 2 aromatic carbocycles. The van der Waals surface area contributed by atoms with E-state index < -0.39 is 140 Å². The van der Waals surface area contributed by atoms with Gasteiger partial charge in [0, 0.05) is 54.5 Å². The van der Waals surface area contributed by atoms with Gasteiger partial charge in [-0.05, 0) is 45.9 Å². The highest BCUT2D eigenvalue weighted by Gasteiger charge is 2.92. The van der Waals surface area contributed by atoms with E-state index in [0.29, 0.717) is 0 Å². The number of carbonyl (C=O) groups is 7. The van der Waals surface area contributed by atoms with Crippen molar-refractivity contribution >= 4 is 40.9 Å². The van der Waals surface area contributed by atoms with E-state index in [2.05, 4.69) is 0 Å². The number of hydrogen-bond donors (Lipinski definition) is 5. The third-order valence-electron chi connectivity index (χ3n) is 12.4. The smallest absolute Gasteiger partial charge is 0.302 e. The topological polar surface area (TPSA) is 264 Å². The molecule has 4 fully saturated rings. The molecule has 11 atom stereocenters. The van der Waals surface area contributed by atoms with Gasteiger partial charge in [-0.3, -0.25) is 33.6 Å². The molecule has 11 unspecified atom stereocenters. The van der Waals surface area contributed by atoms with E-state index in [9.17, 15) is 59.1 Å². The van der Waals surface area contributed by atoms with Gasteiger partial charge in [-0.25, -0.2) is 0 Å². The maximum absolute atomic E-state index is 14.3. The van der Waals surface area contributed by atoms with E-state index in [4.69, 9.17) is 18.9 Å². The predicted octanol–water partition coefficient (Wildman–Crippen LogP) is 0.972. The molecule has 2 aromatic rings. The maximum Gasteiger partial charge on any atom is 0.302 e. The second-order valence-corrected chi connectivity index (χ2v) is 15.8. The minimum atomic E-state index is -2.46. The summed E-state index contributed by atoms with van der Waals surface area (Å²) in [7, 11) is 0. The summed E-state index contributed by atoms with van der Waals surface area (Å²) in [6, 6.07) is 4.69. The monoisotopic (exact) mass is 748 g/mol. The molecular formula is C38H36O16. The number of Topliss-reactive ketones (excluding diaryl/α,β-unsaturated/α-hetero) is 5. The third-order valence-corrected chi connectivity index (χ3v) is 12.4. The summed E-state index contributed by atoms with van der Waals surface area (Å²) in [6.07, 6.45) is -5.63. The fraction of sp³-hybridized carbons (Fsp3) is 0.500. The SMILES string of the molecule is CC(=O)OC(C)C1C(C)(O)CC(=O)C23OC12C(=O)c1ccc(-c2ccc4c(c2O)C(O)C25OC2(C4=O)C(C(C)OC(C)=O)C(C)(O)CC5=O)c(O)c1C3=O. The first kappa shape index (κ1) is 36.1. The summed E-state index contributed by atoms with van der Waals surface area (Å²) < 4.78 is 22.4. The molecule has 5 N–H and O–H groups in total. The number of aliphatic hydroxyl groups excluding tert-OH is 1. The summed E-state index contributed by atoms with van der Waals surface area (Å²) in [4.78, 5) is 94.0. The molecular weight excluding hydrogens is 712 g/mol. The minimum absolute atomic E-state index is 0.254. The standard InChI is InChI=1S/C38H36O16/c1-13(51-15(3)39)27-33(5,49)11-21(41)35-31(47)23-19(29(45)37(27,35)53-35)9-7-17(25(23)43)18-8-10-20-24(26(18)44)32(48)36-22(42)12-34(6,50)28(14(2)52-16(4)40)38(36,54-36)30(20)46/h7-10,13-14,27-28,31,43-44,47,49-50H,11-12H2,1-6H3. The molecule has 16 heteroatoms. The number of hydrogen-bond acceptors (Lipinski definition) is 16. The number of ether oxygens (including phenoxy) is 4. The van der Waals surface area contributed by atoms with Crippen molar-refractivity contribution in [1.82, 2.24) is 0 Å². The van der Waals surface area contributed by atoms with E-state index in [0.717, 1.165) is 19.9 Å². The maximum atomic E-state index is 14.3. The first-order chi connectivity index (χ1) is 25.0. The van der Waals surface area contributed by atoms with Gasteiger partial charge in [0.05, 0.1) is 28.6 Å². The number of benzene rings is 2. The Morgan fingerprint density at radius 1 is 0.685 bits per heavy atom. The number of phenolic OH excluding ortho intramolecular Hbond substituents is 2. The number of ketones is 5. The van der Waals surface area contributed by atoms with Crippen molar-refractivity contribution in [1.29, 1.82) is 0 Å². The van der Waals surface area contributed by atoms with Crippen LogP contribution in [0.1, 0.15) is 97.1 Å². The lowest BCUT2D eigenvalue weighted by Gasteiger charge is -2.46. The largest absolute Gasteiger partial charge is 0.507 e.